The summed E-state index contributed by atoms with van der Waals surface area (Å²) >= 11 is 0. The van der Waals surface area contributed by atoms with Crippen molar-refractivity contribution < 1.29 is 4.79 Å². The molecule has 2 N–H and O–H groups in total. The van der Waals surface area contributed by atoms with Crippen molar-refractivity contribution in [1.82, 2.24) is 25.4 Å². The zero-order valence-corrected chi connectivity index (χ0v) is 9.23. The van der Waals surface area contributed by atoms with Crippen LogP contribution in [0.25, 0.3) is 0 Å². The number of aromatic amines is 1. The summed E-state index contributed by atoms with van der Waals surface area (Å²) in [7, 11) is 0. The van der Waals surface area contributed by atoms with Gasteiger partial charge in [0.25, 0.3) is 5.91 Å². The van der Waals surface area contributed by atoms with Gasteiger partial charge in [0.15, 0.2) is 0 Å². The van der Waals surface area contributed by atoms with E-state index in [0.717, 1.165) is 26.1 Å². The molecule has 86 valence electrons. The van der Waals surface area contributed by atoms with Gasteiger partial charge in [-0.15, -0.1) is 5.10 Å². The van der Waals surface area contributed by atoms with Crippen LogP contribution in [0.2, 0.25) is 0 Å². The minimum absolute atomic E-state index is 0.0412. The van der Waals surface area contributed by atoms with Crippen LogP contribution in [0, 0.1) is 12.8 Å². The molecule has 0 aliphatic carbocycles. The van der Waals surface area contributed by atoms with Gasteiger partial charge in [-0.05, 0) is 19.3 Å². The summed E-state index contributed by atoms with van der Waals surface area (Å²) in [6.07, 6.45) is 1.09. The van der Waals surface area contributed by atoms with E-state index in [0.29, 0.717) is 23.6 Å². The number of fused-ring (bicyclic) bond motifs is 1. The number of rotatable bonds is 1. The molecule has 2 saturated heterocycles. The molecule has 2 aliphatic rings. The van der Waals surface area contributed by atoms with Crippen LogP contribution in [0.5, 0.6) is 0 Å². The predicted molar refractivity (Wildman–Crippen MR) is 56.9 cm³/mol. The largest absolute Gasteiger partial charge is 0.331 e. The molecule has 6 heteroatoms. The van der Waals surface area contributed by atoms with E-state index < -0.39 is 0 Å². The van der Waals surface area contributed by atoms with E-state index in [1.54, 1.807) is 6.92 Å². The molecule has 2 fully saturated rings. The molecule has 6 nitrogen and oxygen atoms in total. The topological polar surface area (TPSA) is 73.9 Å². The number of hydrogen-bond donors (Lipinski definition) is 2. The number of likely N-dealkylation sites (tertiary alicyclic amines) is 1. The summed E-state index contributed by atoms with van der Waals surface area (Å²) in [6.45, 7) is 4.57. The first-order valence-electron chi connectivity index (χ1n) is 5.66. The summed E-state index contributed by atoms with van der Waals surface area (Å²) in [5.74, 6) is 1.55. The van der Waals surface area contributed by atoms with Gasteiger partial charge in [0.1, 0.15) is 5.82 Å². The smallest absolute Gasteiger partial charge is 0.293 e. The fraction of sp³-hybridized carbons (Fsp3) is 0.700. The van der Waals surface area contributed by atoms with Crippen molar-refractivity contribution in [2.45, 2.75) is 19.4 Å². The summed E-state index contributed by atoms with van der Waals surface area (Å²) in [5.41, 5.74) is 0. The van der Waals surface area contributed by atoms with Crippen molar-refractivity contribution in [1.29, 1.82) is 0 Å². The van der Waals surface area contributed by atoms with Gasteiger partial charge in [-0.1, -0.05) is 0 Å². The van der Waals surface area contributed by atoms with Crippen molar-refractivity contribution >= 4 is 5.91 Å². The van der Waals surface area contributed by atoms with Gasteiger partial charge >= 0.3 is 0 Å². The van der Waals surface area contributed by atoms with Gasteiger partial charge in [0, 0.05) is 25.7 Å². The quantitative estimate of drug-likeness (QED) is 0.673. The average molecular weight is 221 g/mol. The number of H-pyrrole nitrogens is 1. The van der Waals surface area contributed by atoms with E-state index in [1.807, 2.05) is 4.90 Å². The number of carbonyl (C=O) groups is 1. The van der Waals surface area contributed by atoms with Crippen molar-refractivity contribution in [2.75, 3.05) is 19.6 Å². The second kappa shape index (κ2) is 3.55. The van der Waals surface area contributed by atoms with Gasteiger partial charge in [-0.2, -0.15) is 0 Å². The molecule has 3 rings (SSSR count). The first-order chi connectivity index (χ1) is 7.75. The molecule has 1 amide bonds. The van der Waals surface area contributed by atoms with Crippen LogP contribution in [0.1, 0.15) is 22.9 Å². The van der Waals surface area contributed by atoms with Gasteiger partial charge < -0.3 is 10.2 Å². The number of nitrogens with one attached hydrogen (secondary N) is 2. The first kappa shape index (κ1) is 9.77. The van der Waals surface area contributed by atoms with E-state index in [2.05, 4.69) is 20.5 Å². The van der Waals surface area contributed by atoms with Crippen LogP contribution < -0.4 is 5.32 Å². The number of aromatic nitrogens is 3. The zero-order valence-electron chi connectivity index (χ0n) is 9.23. The SMILES string of the molecule is Cc1nc(C(=O)N2CC[C@H]3CNC[C@H]32)n[nH]1. The number of aryl methyl sites for hydroxylation is 1. The van der Waals surface area contributed by atoms with Crippen molar-refractivity contribution in [2.24, 2.45) is 5.92 Å². The Balaban J connectivity index is 1.80. The van der Waals surface area contributed by atoms with Crippen LogP contribution >= 0.6 is 0 Å². The molecule has 16 heavy (non-hydrogen) atoms. The van der Waals surface area contributed by atoms with Crippen LogP contribution in [-0.4, -0.2) is 51.7 Å². The predicted octanol–water partition coefficient (Wildman–Crippen LogP) is -0.453. The lowest BCUT2D eigenvalue weighted by Gasteiger charge is -2.21. The monoisotopic (exact) mass is 221 g/mol. The summed E-state index contributed by atoms with van der Waals surface area (Å²) < 4.78 is 0. The molecule has 0 saturated carbocycles. The Hall–Kier alpha value is -1.43. The third-order valence-corrected chi connectivity index (χ3v) is 3.49. The lowest BCUT2D eigenvalue weighted by atomic mass is 10.1. The van der Waals surface area contributed by atoms with Crippen LogP contribution in [0.3, 0.4) is 0 Å². The standard InChI is InChI=1S/C10H15N5O/c1-6-12-9(14-13-6)10(16)15-3-2-7-4-11-5-8(7)15/h7-8,11H,2-5H2,1H3,(H,12,13,14)/t7-,8+/m0/s1. The van der Waals surface area contributed by atoms with E-state index in [9.17, 15) is 4.79 Å². The van der Waals surface area contributed by atoms with Gasteiger partial charge in [-0.25, -0.2) is 4.98 Å². The van der Waals surface area contributed by atoms with Crippen LogP contribution in [-0.2, 0) is 0 Å². The summed E-state index contributed by atoms with van der Waals surface area (Å²) in [6, 6.07) is 0.339. The van der Waals surface area contributed by atoms with E-state index >= 15 is 0 Å². The number of amides is 1. The highest BCUT2D eigenvalue weighted by Gasteiger charge is 2.40. The van der Waals surface area contributed by atoms with Gasteiger partial charge in [0.2, 0.25) is 5.82 Å². The Bertz CT molecular complexity index is 415. The number of nitrogens with zero attached hydrogens (tertiary/aromatic N) is 3. The summed E-state index contributed by atoms with van der Waals surface area (Å²) in [5, 5.41) is 9.96. The minimum atomic E-state index is -0.0412. The average Bonchev–Trinajstić information content (AvgIpc) is 2.90. The molecule has 1 aromatic rings. The Kier molecular flexibility index (Phi) is 2.17. The normalized spacial score (nSPS) is 28.4. The van der Waals surface area contributed by atoms with Gasteiger partial charge in [0.05, 0.1) is 0 Å². The molecule has 3 heterocycles. The Morgan fingerprint density at radius 1 is 1.50 bits per heavy atom. The van der Waals surface area contributed by atoms with E-state index in [1.165, 1.54) is 0 Å². The maximum Gasteiger partial charge on any atom is 0.293 e. The first-order valence-corrected chi connectivity index (χ1v) is 5.66. The van der Waals surface area contributed by atoms with Crippen molar-refractivity contribution in [3.05, 3.63) is 11.6 Å². The molecule has 0 unspecified atom stereocenters. The lowest BCUT2D eigenvalue weighted by Crippen LogP contribution is -2.39. The Morgan fingerprint density at radius 2 is 2.38 bits per heavy atom. The van der Waals surface area contributed by atoms with E-state index in [4.69, 9.17) is 0 Å². The highest BCUT2D eigenvalue weighted by Crippen LogP contribution is 2.27. The fourth-order valence-electron chi connectivity index (χ4n) is 2.67. The molecular formula is C10H15N5O. The molecular weight excluding hydrogens is 206 g/mol. The molecule has 0 aromatic carbocycles. The highest BCUT2D eigenvalue weighted by atomic mass is 16.2. The molecule has 2 atom stereocenters. The Morgan fingerprint density at radius 3 is 3.12 bits per heavy atom. The van der Waals surface area contributed by atoms with Gasteiger partial charge in [-0.3, -0.25) is 9.89 Å². The molecule has 0 spiro atoms. The molecule has 0 radical (unpaired) electrons. The van der Waals surface area contributed by atoms with Crippen molar-refractivity contribution in [3.8, 4) is 0 Å². The molecule has 0 bridgehead atoms. The highest BCUT2D eigenvalue weighted by molar-refractivity contribution is 5.90. The minimum Gasteiger partial charge on any atom is -0.331 e. The zero-order chi connectivity index (χ0) is 11.1. The molecule has 2 aliphatic heterocycles. The number of carbonyl (C=O) groups excluding carboxylic acids is 1. The number of hydrogen-bond acceptors (Lipinski definition) is 4. The van der Waals surface area contributed by atoms with E-state index in [-0.39, 0.29) is 5.91 Å². The summed E-state index contributed by atoms with van der Waals surface area (Å²) in [4.78, 5) is 18.2. The third kappa shape index (κ3) is 1.41. The lowest BCUT2D eigenvalue weighted by molar-refractivity contribution is 0.0725. The Labute approximate surface area is 93.4 Å². The van der Waals surface area contributed by atoms with Crippen molar-refractivity contribution in [3.63, 3.8) is 0 Å². The second-order valence-electron chi connectivity index (χ2n) is 4.52. The molecule has 1 aromatic heterocycles. The second-order valence-corrected chi connectivity index (χ2v) is 4.52. The van der Waals surface area contributed by atoms with Crippen LogP contribution in [0.15, 0.2) is 0 Å². The maximum atomic E-state index is 12.2. The maximum absolute atomic E-state index is 12.2. The third-order valence-electron chi connectivity index (χ3n) is 3.49. The van der Waals surface area contributed by atoms with Crippen LogP contribution in [0.4, 0.5) is 0 Å². The fourth-order valence-corrected chi connectivity index (χ4v) is 2.67.